The molecule has 7 heteroatoms. The zero-order chi connectivity index (χ0) is 13.6. The standard InChI is InChI=1S/C11H13FN2O3S/c1-11(4-5-11)14-18(16,17)7-2-3-9(12)8(6-7)10(13)15/h2-3,6,14H,4-5H2,1H3,(H2,13,15). The van der Waals surface area contributed by atoms with Crippen molar-refractivity contribution in [1.29, 1.82) is 0 Å². The number of carbonyl (C=O) groups excluding carboxylic acids is 1. The molecule has 0 radical (unpaired) electrons. The van der Waals surface area contributed by atoms with Gasteiger partial charge in [0, 0.05) is 5.54 Å². The van der Waals surface area contributed by atoms with Gasteiger partial charge in [-0.25, -0.2) is 17.5 Å². The van der Waals surface area contributed by atoms with Crippen molar-refractivity contribution in [2.45, 2.75) is 30.2 Å². The van der Waals surface area contributed by atoms with E-state index in [1.54, 1.807) is 6.92 Å². The Labute approximate surface area is 104 Å². The second-order valence-electron chi connectivity index (χ2n) is 4.67. The third-order valence-electron chi connectivity index (χ3n) is 2.89. The molecule has 0 bridgehead atoms. The zero-order valence-corrected chi connectivity index (χ0v) is 10.6. The van der Waals surface area contributed by atoms with Gasteiger partial charge in [0.15, 0.2) is 0 Å². The molecule has 0 saturated heterocycles. The van der Waals surface area contributed by atoms with Crippen LogP contribution in [0.2, 0.25) is 0 Å². The van der Waals surface area contributed by atoms with Crippen molar-refractivity contribution >= 4 is 15.9 Å². The monoisotopic (exact) mass is 272 g/mol. The highest BCUT2D eigenvalue weighted by molar-refractivity contribution is 7.89. The molecule has 1 aliphatic rings. The molecule has 1 aromatic rings. The van der Waals surface area contributed by atoms with E-state index in [0.29, 0.717) is 0 Å². The quantitative estimate of drug-likeness (QED) is 0.847. The second kappa shape index (κ2) is 4.03. The third kappa shape index (κ3) is 2.51. The minimum atomic E-state index is -3.75. The fourth-order valence-corrected chi connectivity index (χ4v) is 3.02. The van der Waals surface area contributed by atoms with Gasteiger partial charge in [0.05, 0.1) is 10.5 Å². The second-order valence-corrected chi connectivity index (χ2v) is 6.35. The summed E-state index contributed by atoms with van der Waals surface area (Å²) < 4.78 is 39.7. The van der Waals surface area contributed by atoms with E-state index < -0.39 is 32.9 Å². The summed E-state index contributed by atoms with van der Waals surface area (Å²) in [6.07, 6.45) is 1.52. The van der Waals surface area contributed by atoms with Crippen LogP contribution >= 0.6 is 0 Å². The van der Waals surface area contributed by atoms with Crippen LogP contribution in [-0.4, -0.2) is 19.9 Å². The molecule has 18 heavy (non-hydrogen) atoms. The fraction of sp³-hybridized carbons (Fsp3) is 0.364. The van der Waals surface area contributed by atoms with Gasteiger partial charge in [0.1, 0.15) is 5.82 Å². The first-order chi connectivity index (χ1) is 8.23. The van der Waals surface area contributed by atoms with Crippen LogP contribution in [0.25, 0.3) is 0 Å². The first kappa shape index (κ1) is 13.0. The Hall–Kier alpha value is -1.47. The number of nitrogens with one attached hydrogen (secondary N) is 1. The highest BCUT2D eigenvalue weighted by atomic mass is 32.2. The molecule has 0 unspecified atom stereocenters. The lowest BCUT2D eigenvalue weighted by Gasteiger charge is -2.12. The molecule has 0 spiro atoms. The molecular formula is C11H13FN2O3S. The predicted octanol–water partition coefficient (Wildman–Crippen LogP) is 0.755. The minimum Gasteiger partial charge on any atom is -0.366 e. The Morgan fingerprint density at radius 3 is 2.56 bits per heavy atom. The largest absolute Gasteiger partial charge is 0.366 e. The molecule has 5 nitrogen and oxygen atoms in total. The summed E-state index contributed by atoms with van der Waals surface area (Å²) in [5, 5.41) is 0. The SMILES string of the molecule is CC1(NS(=O)(=O)c2ccc(F)c(C(N)=O)c2)CC1. The number of benzene rings is 1. The Morgan fingerprint density at radius 2 is 2.06 bits per heavy atom. The topological polar surface area (TPSA) is 89.3 Å². The third-order valence-corrected chi connectivity index (χ3v) is 4.53. The first-order valence-electron chi connectivity index (χ1n) is 5.37. The number of amides is 1. The first-order valence-corrected chi connectivity index (χ1v) is 6.85. The number of halogens is 1. The Morgan fingerprint density at radius 1 is 1.44 bits per heavy atom. The molecule has 98 valence electrons. The number of carbonyl (C=O) groups is 1. The van der Waals surface area contributed by atoms with Crippen molar-refractivity contribution in [2.75, 3.05) is 0 Å². The molecule has 0 aromatic heterocycles. The van der Waals surface area contributed by atoms with Crippen LogP contribution in [0.3, 0.4) is 0 Å². The van der Waals surface area contributed by atoms with E-state index in [-0.39, 0.29) is 4.90 Å². The Kier molecular flexibility index (Phi) is 2.90. The van der Waals surface area contributed by atoms with Crippen molar-refractivity contribution in [3.05, 3.63) is 29.6 Å². The van der Waals surface area contributed by atoms with Gasteiger partial charge in [-0.2, -0.15) is 0 Å². The average Bonchev–Trinajstić information content (AvgIpc) is 2.94. The molecule has 3 N–H and O–H groups in total. The molecule has 1 amide bonds. The number of hydrogen-bond acceptors (Lipinski definition) is 3. The van der Waals surface area contributed by atoms with Crippen molar-refractivity contribution < 1.29 is 17.6 Å². The van der Waals surface area contributed by atoms with Crippen LogP contribution in [0, 0.1) is 5.82 Å². The van der Waals surface area contributed by atoms with Crippen LogP contribution < -0.4 is 10.5 Å². The van der Waals surface area contributed by atoms with Crippen molar-refractivity contribution in [3.8, 4) is 0 Å². The van der Waals surface area contributed by atoms with E-state index >= 15 is 0 Å². The number of primary amides is 1. The Balaban J connectivity index is 2.39. The van der Waals surface area contributed by atoms with Gasteiger partial charge in [0.2, 0.25) is 10.0 Å². The highest BCUT2D eigenvalue weighted by Gasteiger charge is 2.41. The molecule has 0 aliphatic heterocycles. The van der Waals surface area contributed by atoms with E-state index in [2.05, 4.69) is 4.72 Å². The maximum Gasteiger partial charge on any atom is 0.251 e. The molecule has 2 rings (SSSR count). The van der Waals surface area contributed by atoms with Gasteiger partial charge in [-0.15, -0.1) is 0 Å². The molecular weight excluding hydrogens is 259 g/mol. The number of hydrogen-bond donors (Lipinski definition) is 2. The summed E-state index contributed by atoms with van der Waals surface area (Å²) in [6, 6.07) is 2.98. The van der Waals surface area contributed by atoms with Gasteiger partial charge >= 0.3 is 0 Å². The molecule has 1 saturated carbocycles. The van der Waals surface area contributed by atoms with Crippen LogP contribution in [0.1, 0.15) is 30.1 Å². The normalized spacial score (nSPS) is 17.4. The fourth-order valence-electron chi connectivity index (χ4n) is 1.53. The van der Waals surface area contributed by atoms with Gasteiger partial charge in [-0.1, -0.05) is 0 Å². The molecule has 0 atom stereocenters. The van der Waals surface area contributed by atoms with E-state index in [0.717, 1.165) is 31.0 Å². The van der Waals surface area contributed by atoms with E-state index in [4.69, 9.17) is 5.73 Å². The van der Waals surface area contributed by atoms with Crippen LogP contribution in [-0.2, 0) is 10.0 Å². The summed E-state index contributed by atoms with van der Waals surface area (Å²) in [7, 11) is -3.75. The van der Waals surface area contributed by atoms with Crippen LogP contribution in [0.15, 0.2) is 23.1 Å². The Bertz CT molecular complexity index is 609. The van der Waals surface area contributed by atoms with E-state index in [9.17, 15) is 17.6 Å². The minimum absolute atomic E-state index is 0.161. The van der Waals surface area contributed by atoms with Gasteiger partial charge < -0.3 is 5.73 Å². The van der Waals surface area contributed by atoms with Crippen molar-refractivity contribution in [2.24, 2.45) is 5.73 Å². The number of nitrogens with two attached hydrogens (primary N) is 1. The van der Waals surface area contributed by atoms with Crippen molar-refractivity contribution in [1.82, 2.24) is 4.72 Å². The predicted molar refractivity (Wildman–Crippen MR) is 62.9 cm³/mol. The maximum atomic E-state index is 13.2. The summed E-state index contributed by atoms with van der Waals surface area (Å²) >= 11 is 0. The molecule has 1 fully saturated rings. The van der Waals surface area contributed by atoms with Crippen molar-refractivity contribution in [3.63, 3.8) is 0 Å². The summed E-state index contributed by atoms with van der Waals surface area (Å²) in [5.74, 6) is -1.83. The molecule has 0 heterocycles. The smallest absolute Gasteiger partial charge is 0.251 e. The number of sulfonamides is 1. The van der Waals surface area contributed by atoms with E-state index in [1.165, 1.54) is 0 Å². The molecule has 1 aliphatic carbocycles. The lowest BCUT2D eigenvalue weighted by atomic mass is 10.2. The van der Waals surface area contributed by atoms with Crippen LogP contribution in [0.4, 0.5) is 4.39 Å². The summed E-state index contributed by atoms with van der Waals surface area (Å²) in [4.78, 5) is 10.8. The molecule has 1 aromatic carbocycles. The van der Waals surface area contributed by atoms with E-state index in [1.807, 2.05) is 0 Å². The number of rotatable bonds is 4. The lowest BCUT2D eigenvalue weighted by molar-refractivity contribution is 0.0996. The lowest BCUT2D eigenvalue weighted by Crippen LogP contribution is -2.34. The summed E-state index contributed by atoms with van der Waals surface area (Å²) in [6.45, 7) is 1.78. The zero-order valence-electron chi connectivity index (χ0n) is 9.73. The van der Waals surface area contributed by atoms with Gasteiger partial charge in [-0.3, -0.25) is 4.79 Å². The summed E-state index contributed by atoms with van der Waals surface area (Å²) in [5.41, 5.74) is 4.11. The van der Waals surface area contributed by atoms with Gasteiger partial charge in [-0.05, 0) is 38.0 Å². The highest BCUT2D eigenvalue weighted by Crippen LogP contribution is 2.36. The average molecular weight is 272 g/mol. The van der Waals surface area contributed by atoms with Crippen LogP contribution in [0.5, 0.6) is 0 Å². The maximum absolute atomic E-state index is 13.2. The van der Waals surface area contributed by atoms with Gasteiger partial charge in [0.25, 0.3) is 5.91 Å².